The van der Waals surface area contributed by atoms with E-state index in [1.807, 2.05) is 0 Å². The second-order valence-electron chi connectivity index (χ2n) is 8.68. The summed E-state index contributed by atoms with van der Waals surface area (Å²) in [5, 5.41) is 3.24. The standard InChI is InChI=1S/C21H27NO4S/c1-13(26-20(24)17-5-3-4-6-18(17)27(2)25)19(23)22-21-10-14-7-15(11-21)9-16(8-14)12-21/h3-6,13-16H,7-12H2,1-2H3,(H,22,23)/t13-,14?,15?,16?,21?,27-/m0/s1. The molecule has 4 bridgehead atoms. The zero-order chi connectivity index (χ0) is 19.2. The molecule has 1 N–H and O–H groups in total. The zero-order valence-corrected chi connectivity index (χ0v) is 16.7. The highest BCUT2D eigenvalue weighted by atomic mass is 32.2. The van der Waals surface area contributed by atoms with Gasteiger partial charge in [0.25, 0.3) is 5.91 Å². The van der Waals surface area contributed by atoms with Crippen molar-refractivity contribution in [3.63, 3.8) is 0 Å². The third-order valence-electron chi connectivity index (χ3n) is 6.50. The van der Waals surface area contributed by atoms with Crippen molar-refractivity contribution >= 4 is 22.7 Å². The summed E-state index contributed by atoms with van der Waals surface area (Å²) in [6.45, 7) is 1.61. The summed E-state index contributed by atoms with van der Waals surface area (Å²) in [6, 6.07) is 6.67. The van der Waals surface area contributed by atoms with E-state index in [1.165, 1.54) is 25.5 Å². The van der Waals surface area contributed by atoms with Gasteiger partial charge in [-0.2, -0.15) is 0 Å². The van der Waals surface area contributed by atoms with E-state index in [0.717, 1.165) is 37.0 Å². The van der Waals surface area contributed by atoms with E-state index < -0.39 is 22.9 Å². The van der Waals surface area contributed by atoms with Crippen LogP contribution in [0.25, 0.3) is 0 Å². The largest absolute Gasteiger partial charge is 0.449 e. The molecule has 5 rings (SSSR count). The highest BCUT2D eigenvalue weighted by Gasteiger charge is 2.51. The maximum absolute atomic E-state index is 12.8. The van der Waals surface area contributed by atoms with Crippen LogP contribution in [-0.2, 0) is 20.3 Å². The van der Waals surface area contributed by atoms with Crippen LogP contribution in [0.1, 0.15) is 55.8 Å². The van der Waals surface area contributed by atoms with Gasteiger partial charge in [0.05, 0.1) is 21.3 Å². The lowest BCUT2D eigenvalue weighted by molar-refractivity contribution is -0.134. The van der Waals surface area contributed by atoms with Crippen molar-refractivity contribution in [2.45, 2.75) is 62.0 Å². The van der Waals surface area contributed by atoms with E-state index in [0.29, 0.717) is 4.90 Å². The fraction of sp³-hybridized carbons (Fsp3) is 0.619. The molecule has 2 atom stereocenters. The Balaban J connectivity index is 1.42. The first-order valence-corrected chi connectivity index (χ1v) is 11.4. The SMILES string of the molecule is C[C@H](OC(=O)c1ccccc1[S@](C)=O)C(=O)NC12CC3CC(CC(C3)C1)C2. The normalized spacial score (nSPS) is 33.3. The lowest BCUT2D eigenvalue weighted by atomic mass is 9.53. The molecule has 0 aromatic heterocycles. The van der Waals surface area contributed by atoms with Crippen molar-refractivity contribution in [3.8, 4) is 0 Å². The van der Waals surface area contributed by atoms with E-state index in [-0.39, 0.29) is 17.0 Å². The molecule has 6 heteroatoms. The van der Waals surface area contributed by atoms with E-state index in [9.17, 15) is 13.8 Å². The van der Waals surface area contributed by atoms with Crippen LogP contribution in [0.2, 0.25) is 0 Å². The van der Waals surface area contributed by atoms with Crippen LogP contribution in [0.5, 0.6) is 0 Å². The van der Waals surface area contributed by atoms with E-state index in [4.69, 9.17) is 4.74 Å². The number of amides is 1. The number of carbonyl (C=O) groups excluding carboxylic acids is 2. The maximum atomic E-state index is 12.8. The maximum Gasteiger partial charge on any atom is 0.340 e. The van der Waals surface area contributed by atoms with Crippen LogP contribution in [0.15, 0.2) is 29.2 Å². The summed E-state index contributed by atoms with van der Waals surface area (Å²) in [4.78, 5) is 25.7. The summed E-state index contributed by atoms with van der Waals surface area (Å²) >= 11 is 0. The van der Waals surface area contributed by atoms with Gasteiger partial charge in [-0.3, -0.25) is 9.00 Å². The Morgan fingerprint density at radius 1 is 1.11 bits per heavy atom. The van der Waals surface area contributed by atoms with Gasteiger partial charge in [0, 0.05) is 11.8 Å². The number of hydrogen-bond acceptors (Lipinski definition) is 4. The predicted molar refractivity (Wildman–Crippen MR) is 103 cm³/mol. The van der Waals surface area contributed by atoms with Gasteiger partial charge in [0.2, 0.25) is 0 Å². The minimum Gasteiger partial charge on any atom is -0.449 e. The van der Waals surface area contributed by atoms with Crippen LogP contribution >= 0.6 is 0 Å². The first kappa shape index (κ1) is 18.7. The molecule has 0 heterocycles. The summed E-state index contributed by atoms with van der Waals surface area (Å²) < 4.78 is 17.2. The van der Waals surface area contributed by atoms with Crippen LogP contribution in [0, 0.1) is 17.8 Å². The quantitative estimate of drug-likeness (QED) is 0.786. The molecule has 0 saturated heterocycles. The van der Waals surface area contributed by atoms with Crippen molar-refractivity contribution in [2.24, 2.45) is 17.8 Å². The molecule has 1 amide bonds. The van der Waals surface area contributed by atoms with Crippen LogP contribution in [-0.4, -0.2) is 34.0 Å². The topological polar surface area (TPSA) is 72.5 Å². The number of rotatable bonds is 5. The van der Waals surface area contributed by atoms with Gasteiger partial charge in [0.1, 0.15) is 0 Å². The third-order valence-corrected chi connectivity index (χ3v) is 7.47. The van der Waals surface area contributed by atoms with Gasteiger partial charge < -0.3 is 10.1 Å². The molecule has 4 fully saturated rings. The van der Waals surface area contributed by atoms with Crippen LogP contribution < -0.4 is 5.32 Å². The highest BCUT2D eigenvalue weighted by molar-refractivity contribution is 7.84. The highest BCUT2D eigenvalue weighted by Crippen LogP contribution is 2.55. The van der Waals surface area contributed by atoms with Gasteiger partial charge in [-0.05, 0) is 75.3 Å². The fourth-order valence-electron chi connectivity index (χ4n) is 5.79. The molecule has 146 valence electrons. The average molecular weight is 390 g/mol. The number of esters is 1. The second-order valence-corrected chi connectivity index (χ2v) is 10.0. The Bertz CT molecular complexity index is 755. The van der Waals surface area contributed by atoms with Crippen LogP contribution in [0.4, 0.5) is 0 Å². The Morgan fingerprint density at radius 3 is 2.22 bits per heavy atom. The van der Waals surface area contributed by atoms with Gasteiger partial charge in [0.15, 0.2) is 6.10 Å². The Hall–Kier alpha value is -1.69. The van der Waals surface area contributed by atoms with E-state index >= 15 is 0 Å². The summed E-state index contributed by atoms with van der Waals surface area (Å²) in [7, 11) is -1.30. The molecule has 4 aliphatic carbocycles. The first-order valence-electron chi connectivity index (χ1n) is 9.81. The van der Waals surface area contributed by atoms with Crippen LogP contribution in [0.3, 0.4) is 0 Å². The molecule has 27 heavy (non-hydrogen) atoms. The Morgan fingerprint density at radius 2 is 1.67 bits per heavy atom. The zero-order valence-electron chi connectivity index (χ0n) is 15.9. The molecule has 0 unspecified atom stereocenters. The second kappa shape index (κ2) is 7.04. The number of ether oxygens (including phenoxy) is 1. The molecule has 5 nitrogen and oxygen atoms in total. The molecular formula is C21H27NO4S. The molecule has 1 aromatic carbocycles. The molecule has 0 spiro atoms. The number of carbonyl (C=O) groups is 2. The van der Waals surface area contributed by atoms with Gasteiger partial charge in [-0.15, -0.1) is 0 Å². The van der Waals surface area contributed by atoms with Gasteiger partial charge in [-0.1, -0.05) is 12.1 Å². The average Bonchev–Trinajstić information content (AvgIpc) is 2.59. The molecule has 4 saturated carbocycles. The summed E-state index contributed by atoms with van der Waals surface area (Å²) in [5.41, 5.74) is 0.155. The van der Waals surface area contributed by atoms with E-state index in [2.05, 4.69) is 5.32 Å². The number of benzene rings is 1. The van der Waals surface area contributed by atoms with Crippen molar-refractivity contribution in [2.75, 3.05) is 6.26 Å². The lowest BCUT2D eigenvalue weighted by Crippen LogP contribution is -2.61. The molecule has 0 radical (unpaired) electrons. The number of hydrogen-bond donors (Lipinski definition) is 1. The predicted octanol–water partition coefficient (Wildman–Crippen LogP) is 3.05. The monoisotopic (exact) mass is 389 g/mol. The smallest absolute Gasteiger partial charge is 0.340 e. The Labute approximate surface area is 162 Å². The van der Waals surface area contributed by atoms with Crippen molar-refractivity contribution < 1.29 is 18.5 Å². The molecule has 1 aromatic rings. The van der Waals surface area contributed by atoms with E-state index in [1.54, 1.807) is 31.2 Å². The van der Waals surface area contributed by atoms with Crippen molar-refractivity contribution in [1.29, 1.82) is 0 Å². The van der Waals surface area contributed by atoms with Crippen molar-refractivity contribution in [3.05, 3.63) is 29.8 Å². The fourth-order valence-corrected chi connectivity index (χ4v) is 6.52. The first-order chi connectivity index (χ1) is 12.8. The minimum absolute atomic E-state index is 0.102. The third kappa shape index (κ3) is 3.68. The Kier molecular flexibility index (Phi) is 4.87. The van der Waals surface area contributed by atoms with Crippen molar-refractivity contribution in [1.82, 2.24) is 5.32 Å². The summed E-state index contributed by atoms with van der Waals surface area (Å²) in [6.07, 6.45) is 7.76. The molecule has 4 aliphatic rings. The number of nitrogens with one attached hydrogen (secondary N) is 1. The molecular weight excluding hydrogens is 362 g/mol. The minimum atomic E-state index is -1.30. The van der Waals surface area contributed by atoms with Gasteiger partial charge >= 0.3 is 5.97 Å². The summed E-state index contributed by atoms with van der Waals surface area (Å²) in [5.74, 6) is 1.39. The lowest BCUT2D eigenvalue weighted by Gasteiger charge is -2.57. The van der Waals surface area contributed by atoms with Gasteiger partial charge in [-0.25, -0.2) is 4.79 Å². The molecule has 0 aliphatic heterocycles.